The molecule has 1 heterocycles. The Hall–Kier alpha value is -1.05. The van der Waals surface area contributed by atoms with E-state index in [9.17, 15) is 4.79 Å². The Morgan fingerprint density at radius 1 is 1.09 bits per heavy atom. The molecule has 0 fully saturated rings. The number of hydrogen-bond donors (Lipinski definition) is 0. The second-order valence-corrected chi connectivity index (χ2v) is 1.12. The minimum absolute atomic E-state index is 0.303. The summed E-state index contributed by atoms with van der Waals surface area (Å²) in [6.45, 7) is 8.00. The fraction of sp³-hybridized carbons (Fsp3) is 0.444. The minimum Gasteiger partial charge on any atom is -0.431 e. The summed E-state index contributed by atoms with van der Waals surface area (Å²) in [7, 11) is 0. The highest BCUT2D eigenvalue weighted by molar-refractivity contribution is 4.85. The number of rotatable bonds is 0. The van der Waals surface area contributed by atoms with Crippen LogP contribution in [0.5, 0.6) is 0 Å². The van der Waals surface area contributed by atoms with Gasteiger partial charge in [0.25, 0.3) is 0 Å². The molecule has 64 valence electrons. The summed E-state index contributed by atoms with van der Waals surface area (Å²) in [5.74, 6) is 0. The summed E-state index contributed by atoms with van der Waals surface area (Å²) in [6, 6.07) is 4.65. The molecule has 0 spiro atoms. The van der Waals surface area contributed by atoms with Crippen LogP contribution in [0.25, 0.3) is 0 Å². The van der Waals surface area contributed by atoms with Crippen molar-refractivity contribution in [2.75, 3.05) is 0 Å². The van der Waals surface area contributed by atoms with Crippen LogP contribution in [0.1, 0.15) is 27.7 Å². The second kappa shape index (κ2) is 11.7. The molecule has 2 nitrogen and oxygen atoms in total. The highest BCUT2D eigenvalue weighted by Gasteiger charge is 1.72. The van der Waals surface area contributed by atoms with Gasteiger partial charge in [0, 0.05) is 6.07 Å². The third kappa shape index (κ3) is 8.95. The standard InChI is InChI=1S/C5H4O2.2C2H6/c6-5-3-1-2-4-7-5;2*1-2/h1-4H;2*1-2H3. The fourth-order valence-electron chi connectivity index (χ4n) is 0.325. The molecule has 0 aliphatic rings. The molecule has 0 saturated heterocycles. The van der Waals surface area contributed by atoms with Crippen LogP contribution in [-0.4, -0.2) is 0 Å². The first kappa shape index (κ1) is 12.6. The van der Waals surface area contributed by atoms with Gasteiger partial charge in [-0.25, -0.2) is 4.79 Å². The van der Waals surface area contributed by atoms with Crippen molar-refractivity contribution in [1.82, 2.24) is 0 Å². The third-order valence-electron chi connectivity index (χ3n) is 0.606. The van der Waals surface area contributed by atoms with Crippen LogP contribution < -0.4 is 5.63 Å². The van der Waals surface area contributed by atoms with Crippen LogP contribution in [-0.2, 0) is 0 Å². The van der Waals surface area contributed by atoms with E-state index in [1.807, 2.05) is 27.7 Å². The van der Waals surface area contributed by atoms with Gasteiger partial charge in [-0.05, 0) is 6.07 Å². The Morgan fingerprint density at radius 2 is 1.64 bits per heavy atom. The molecule has 1 rings (SSSR count). The largest absolute Gasteiger partial charge is 0.431 e. The average molecular weight is 156 g/mol. The molecule has 0 bridgehead atoms. The monoisotopic (exact) mass is 156 g/mol. The van der Waals surface area contributed by atoms with E-state index in [2.05, 4.69) is 4.42 Å². The van der Waals surface area contributed by atoms with Crippen molar-refractivity contribution < 1.29 is 4.42 Å². The lowest BCUT2D eigenvalue weighted by Gasteiger charge is -1.72. The lowest BCUT2D eigenvalue weighted by Crippen LogP contribution is -1.90. The molecule has 0 aromatic carbocycles. The molecular formula is C9H16O2. The van der Waals surface area contributed by atoms with Gasteiger partial charge in [-0.3, -0.25) is 0 Å². The van der Waals surface area contributed by atoms with E-state index in [1.54, 1.807) is 12.1 Å². The van der Waals surface area contributed by atoms with Gasteiger partial charge in [0.2, 0.25) is 0 Å². The molecule has 0 amide bonds. The first-order valence-corrected chi connectivity index (χ1v) is 3.93. The predicted molar refractivity (Wildman–Crippen MR) is 47.7 cm³/mol. The Morgan fingerprint density at radius 3 is 1.82 bits per heavy atom. The molecule has 1 aromatic heterocycles. The maximum atomic E-state index is 10.1. The van der Waals surface area contributed by atoms with Crippen LogP contribution in [0, 0.1) is 0 Å². The normalized spacial score (nSPS) is 6.55. The maximum absolute atomic E-state index is 10.1. The highest BCUT2D eigenvalue weighted by atomic mass is 16.4. The quantitative estimate of drug-likeness (QED) is 0.578. The smallest absolute Gasteiger partial charge is 0.335 e. The average Bonchev–Trinajstić information content (AvgIpc) is 2.13. The Balaban J connectivity index is 0. The molecule has 0 radical (unpaired) electrons. The van der Waals surface area contributed by atoms with E-state index in [1.165, 1.54) is 12.3 Å². The summed E-state index contributed by atoms with van der Waals surface area (Å²) >= 11 is 0. The van der Waals surface area contributed by atoms with E-state index >= 15 is 0 Å². The molecule has 0 aliphatic heterocycles. The molecule has 0 aliphatic carbocycles. The molecule has 2 heteroatoms. The van der Waals surface area contributed by atoms with Gasteiger partial charge in [0.1, 0.15) is 0 Å². The van der Waals surface area contributed by atoms with Crippen molar-refractivity contribution >= 4 is 0 Å². The summed E-state index contributed by atoms with van der Waals surface area (Å²) in [6.07, 6.45) is 1.35. The Labute approximate surface area is 67.9 Å². The molecule has 0 N–H and O–H groups in total. The summed E-state index contributed by atoms with van der Waals surface area (Å²) < 4.78 is 4.37. The SMILES string of the molecule is CC.CC.O=c1cccco1. The van der Waals surface area contributed by atoms with Crippen molar-refractivity contribution in [3.05, 3.63) is 34.9 Å². The molecule has 1 aromatic rings. The Kier molecular flexibility index (Phi) is 13.4. The van der Waals surface area contributed by atoms with E-state index in [4.69, 9.17) is 0 Å². The van der Waals surface area contributed by atoms with Crippen molar-refractivity contribution in [2.45, 2.75) is 27.7 Å². The summed E-state index contributed by atoms with van der Waals surface area (Å²) in [5, 5.41) is 0. The van der Waals surface area contributed by atoms with Gasteiger partial charge in [-0.1, -0.05) is 33.8 Å². The lowest BCUT2D eigenvalue weighted by atomic mass is 10.5. The minimum atomic E-state index is -0.303. The van der Waals surface area contributed by atoms with E-state index in [0.717, 1.165) is 0 Å². The summed E-state index contributed by atoms with van der Waals surface area (Å²) in [4.78, 5) is 10.1. The molecule has 0 saturated carbocycles. The van der Waals surface area contributed by atoms with E-state index < -0.39 is 0 Å². The fourth-order valence-corrected chi connectivity index (χ4v) is 0.325. The van der Waals surface area contributed by atoms with Gasteiger partial charge in [-0.15, -0.1) is 0 Å². The topological polar surface area (TPSA) is 30.2 Å². The van der Waals surface area contributed by atoms with Crippen LogP contribution in [0.3, 0.4) is 0 Å². The van der Waals surface area contributed by atoms with E-state index in [0.29, 0.717) is 0 Å². The third-order valence-corrected chi connectivity index (χ3v) is 0.606. The molecular weight excluding hydrogens is 140 g/mol. The van der Waals surface area contributed by atoms with Gasteiger partial charge < -0.3 is 4.42 Å². The van der Waals surface area contributed by atoms with Crippen molar-refractivity contribution in [1.29, 1.82) is 0 Å². The highest BCUT2D eigenvalue weighted by Crippen LogP contribution is 1.72. The van der Waals surface area contributed by atoms with Gasteiger partial charge in [0.15, 0.2) is 0 Å². The van der Waals surface area contributed by atoms with Crippen molar-refractivity contribution in [3.63, 3.8) is 0 Å². The van der Waals surface area contributed by atoms with Gasteiger partial charge in [0.05, 0.1) is 6.26 Å². The van der Waals surface area contributed by atoms with Gasteiger partial charge >= 0.3 is 5.63 Å². The molecule has 0 atom stereocenters. The van der Waals surface area contributed by atoms with Crippen LogP contribution in [0.15, 0.2) is 33.7 Å². The molecule has 0 unspecified atom stereocenters. The second-order valence-electron chi connectivity index (χ2n) is 1.12. The Bertz CT molecular complexity index is 173. The first-order valence-electron chi connectivity index (χ1n) is 3.93. The van der Waals surface area contributed by atoms with Crippen molar-refractivity contribution in [2.24, 2.45) is 0 Å². The van der Waals surface area contributed by atoms with Crippen LogP contribution in [0.4, 0.5) is 0 Å². The van der Waals surface area contributed by atoms with Crippen molar-refractivity contribution in [3.8, 4) is 0 Å². The first-order chi connectivity index (χ1) is 5.39. The van der Waals surface area contributed by atoms with E-state index in [-0.39, 0.29) is 5.63 Å². The zero-order valence-corrected chi connectivity index (χ0v) is 7.63. The summed E-state index contributed by atoms with van der Waals surface area (Å²) in [5.41, 5.74) is -0.303. The van der Waals surface area contributed by atoms with Crippen LogP contribution in [0.2, 0.25) is 0 Å². The number of hydrogen-bond acceptors (Lipinski definition) is 2. The zero-order chi connectivity index (χ0) is 9.11. The maximum Gasteiger partial charge on any atom is 0.335 e. The predicted octanol–water partition coefficient (Wildman–Crippen LogP) is 2.69. The van der Waals surface area contributed by atoms with Crippen LogP contribution >= 0.6 is 0 Å². The lowest BCUT2D eigenvalue weighted by molar-refractivity contribution is 0.511. The molecule has 11 heavy (non-hydrogen) atoms. The zero-order valence-electron chi connectivity index (χ0n) is 7.63. The van der Waals surface area contributed by atoms with Gasteiger partial charge in [-0.2, -0.15) is 0 Å².